The van der Waals surface area contributed by atoms with Crippen LogP contribution >= 0.6 is 0 Å². The van der Waals surface area contributed by atoms with Gasteiger partial charge in [-0.1, -0.05) is 0 Å². The minimum absolute atomic E-state index is 1.07. The van der Waals surface area contributed by atoms with Crippen molar-refractivity contribution in [2.24, 2.45) is 0 Å². The third-order valence-corrected chi connectivity index (χ3v) is 13.4. The van der Waals surface area contributed by atoms with E-state index in [-0.39, 0.29) is 0 Å². The second-order valence-electron chi connectivity index (χ2n) is 3.90. The molecule has 0 aromatic rings. The molecule has 2 radical (unpaired) electrons. The Kier molecular flexibility index (Phi) is 1.42. The summed E-state index contributed by atoms with van der Waals surface area (Å²) in [6.45, 7) is 0. The van der Waals surface area contributed by atoms with Crippen LogP contribution in [0.15, 0.2) is 63.9 Å². The van der Waals surface area contributed by atoms with Gasteiger partial charge in [0.2, 0.25) is 0 Å². The molecule has 0 atom stereocenters. The molecule has 64 valence electrons. The van der Waals surface area contributed by atoms with Crippen LogP contribution in [0.5, 0.6) is 0 Å². The zero-order valence-electron chi connectivity index (χ0n) is 7.62. The third kappa shape index (κ3) is 0.817. The molecule has 0 fully saturated rings. The molecule has 4 rings (SSSR count). The fourth-order valence-electron chi connectivity index (χ4n) is 2.52. The van der Waals surface area contributed by atoms with Crippen LogP contribution in [-0.2, 0) is 0 Å². The van der Waals surface area contributed by atoms with E-state index in [1.807, 2.05) is 0 Å². The van der Waals surface area contributed by atoms with Crippen molar-refractivity contribution in [3.8, 4) is 0 Å². The van der Waals surface area contributed by atoms with E-state index in [1.165, 1.54) is 11.1 Å². The number of allylic oxidation sites excluding steroid dienone is 8. The van der Waals surface area contributed by atoms with Crippen molar-refractivity contribution in [3.63, 3.8) is 0 Å². The molecule has 0 unspecified atom stereocenters. The van der Waals surface area contributed by atoms with Crippen LogP contribution in [0.25, 0.3) is 0 Å². The van der Waals surface area contributed by atoms with Crippen LogP contribution < -0.4 is 0 Å². The van der Waals surface area contributed by atoms with Crippen LogP contribution in [-0.4, -0.2) is 28.7 Å². The van der Waals surface area contributed by atoms with E-state index < -0.39 is 28.7 Å². The van der Waals surface area contributed by atoms with Crippen LogP contribution in [0.4, 0.5) is 0 Å². The predicted octanol–water partition coefficient (Wildman–Crippen LogP) is 2.08. The molecule has 14 heavy (non-hydrogen) atoms. The fourth-order valence-corrected chi connectivity index (χ4v) is 14.5. The molecule has 0 bridgehead atoms. The van der Waals surface area contributed by atoms with Crippen LogP contribution in [0, 0.1) is 0 Å². The Hall–Kier alpha value is -0.474. The first-order valence-electron chi connectivity index (χ1n) is 4.89. The van der Waals surface area contributed by atoms with Gasteiger partial charge >= 0.3 is 92.6 Å². The molecule has 0 aromatic carbocycles. The Labute approximate surface area is 92.3 Å². The van der Waals surface area contributed by atoms with Gasteiger partial charge in [-0.25, -0.2) is 0 Å². The summed E-state index contributed by atoms with van der Waals surface area (Å²) in [5.74, 6) is 0. The number of hydrogen-bond donors (Lipinski definition) is 0. The van der Waals surface area contributed by atoms with Crippen molar-refractivity contribution >= 4 is 28.7 Å². The molecule has 0 spiro atoms. The molecule has 2 heteroatoms. The maximum atomic E-state index is 2.50. The van der Waals surface area contributed by atoms with Crippen molar-refractivity contribution in [3.05, 3.63) is 63.9 Å². The van der Waals surface area contributed by atoms with Gasteiger partial charge in [0.15, 0.2) is 0 Å². The summed E-state index contributed by atoms with van der Waals surface area (Å²) in [6, 6.07) is 0. The standard InChI is InChI=1S/C12H8Ge2/c1-5-13-8-4-10-2-6-14-7-3-9(1)11(13)12(10)14/h1-8H. The summed E-state index contributed by atoms with van der Waals surface area (Å²) < 4.78 is 3.59. The Morgan fingerprint density at radius 3 is 1.29 bits per heavy atom. The third-order valence-electron chi connectivity index (χ3n) is 3.17. The summed E-state index contributed by atoms with van der Waals surface area (Å²) >= 11 is -2.15. The summed E-state index contributed by atoms with van der Waals surface area (Å²) in [7, 11) is 0. The first-order valence-corrected chi connectivity index (χ1v) is 11.8. The van der Waals surface area contributed by atoms with Gasteiger partial charge < -0.3 is 0 Å². The van der Waals surface area contributed by atoms with Crippen molar-refractivity contribution < 1.29 is 0 Å². The van der Waals surface area contributed by atoms with Gasteiger partial charge in [-0.05, 0) is 0 Å². The molecular formula is C12H8Ge2. The van der Waals surface area contributed by atoms with Crippen molar-refractivity contribution in [1.82, 2.24) is 0 Å². The molecule has 0 nitrogen and oxygen atoms in total. The monoisotopic (exact) mass is 300 g/mol. The van der Waals surface area contributed by atoms with E-state index in [0.29, 0.717) is 0 Å². The molecule has 0 N–H and O–H groups in total. The Bertz CT molecular complexity index is 464. The van der Waals surface area contributed by atoms with Crippen LogP contribution in [0.1, 0.15) is 0 Å². The van der Waals surface area contributed by atoms with Crippen LogP contribution in [0.2, 0.25) is 0 Å². The minimum atomic E-state index is -1.07. The second-order valence-corrected chi connectivity index (χ2v) is 12.6. The van der Waals surface area contributed by atoms with Gasteiger partial charge in [-0.2, -0.15) is 0 Å². The summed E-state index contributed by atoms with van der Waals surface area (Å²) in [5, 5.41) is 0. The average Bonchev–Trinajstić information content (AvgIpc) is 2.77. The average molecular weight is 297 g/mol. The summed E-state index contributed by atoms with van der Waals surface area (Å²) in [4.78, 5) is 9.99. The quantitative estimate of drug-likeness (QED) is 0.601. The molecule has 0 saturated carbocycles. The first-order chi connectivity index (χ1) is 6.93. The Morgan fingerprint density at radius 1 is 0.571 bits per heavy atom. The SMILES string of the molecule is C1=[CH][Ge]2[CH]=CC3=[C]4[C]2=C1C=[CH][Ge]4[CH]=C3. The van der Waals surface area contributed by atoms with Gasteiger partial charge in [0.25, 0.3) is 0 Å². The second kappa shape index (κ2) is 2.55. The summed E-state index contributed by atoms with van der Waals surface area (Å²) in [6.07, 6.45) is 9.48. The van der Waals surface area contributed by atoms with Gasteiger partial charge in [0.05, 0.1) is 0 Å². The molecule has 0 aliphatic carbocycles. The van der Waals surface area contributed by atoms with Crippen LogP contribution in [0.3, 0.4) is 0 Å². The van der Waals surface area contributed by atoms with E-state index in [4.69, 9.17) is 0 Å². The number of hydrogen-bond acceptors (Lipinski definition) is 0. The molecule has 0 amide bonds. The first kappa shape index (κ1) is 7.77. The van der Waals surface area contributed by atoms with E-state index in [9.17, 15) is 0 Å². The normalized spacial score (nSPS) is 27.1. The molecule has 4 aliphatic rings. The molecule has 4 heterocycles. The van der Waals surface area contributed by atoms with Gasteiger partial charge in [-0.3, -0.25) is 0 Å². The maximum absolute atomic E-state index is 2.50. The Morgan fingerprint density at radius 2 is 0.929 bits per heavy atom. The zero-order valence-corrected chi connectivity index (χ0v) is 11.8. The molecule has 4 aliphatic heterocycles. The molecule has 0 saturated heterocycles. The predicted molar refractivity (Wildman–Crippen MR) is 62.1 cm³/mol. The van der Waals surface area contributed by atoms with Crippen molar-refractivity contribution in [2.75, 3.05) is 0 Å². The van der Waals surface area contributed by atoms with Crippen molar-refractivity contribution in [1.29, 1.82) is 0 Å². The van der Waals surface area contributed by atoms with Gasteiger partial charge in [0, 0.05) is 0 Å². The molecule has 0 aromatic heterocycles. The van der Waals surface area contributed by atoms with E-state index in [1.54, 1.807) is 8.81 Å². The van der Waals surface area contributed by atoms with Crippen molar-refractivity contribution in [2.45, 2.75) is 0 Å². The number of rotatable bonds is 0. The molecular weight excluding hydrogens is 289 g/mol. The fraction of sp³-hybridized carbons (Fsp3) is 0. The van der Waals surface area contributed by atoms with E-state index in [2.05, 4.69) is 43.9 Å². The summed E-state index contributed by atoms with van der Waals surface area (Å²) in [5.41, 5.74) is 3.08. The zero-order chi connectivity index (χ0) is 9.12. The van der Waals surface area contributed by atoms with Gasteiger partial charge in [-0.15, -0.1) is 0 Å². The van der Waals surface area contributed by atoms with Gasteiger partial charge in [0.1, 0.15) is 0 Å². The topological polar surface area (TPSA) is 0 Å². The van der Waals surface area contributed by atoms with E-state index in [0.717, 1.165) is 0 Å². The Balaban J connectivity index is 2.07. The van der Waals surface area contributed by atoms with E-state index >= 15 is 0 Å².